The number of nitriles is 1. The first-order valence-electron chi connectivity index (χ1n) is 6.84. The third-order valence-electron chi connectivity index (χ3n) is 3.14. The van der Waals surface area contributed by atoms with Crippen molar-refractivity contribution in [3.8, 4) is 6.07 Å². The van der Waals surface area contributed by atoms with Crippen molar-refractivity contribution < 1.29 is 9.53 Å². The van der Waals surface area contributed by atoms with Gasteiger partial charge in [-0.2, -0.15) is 5.26 Å². The molecular weight excluding hydrogens is 252 g/mol. The molecule has 0 aromatic heterocycles. The summed E-state index contributed by atoms with van der Waals surface area (Å²) in [5.74, 6) is -1.30. The number of carbonyl (C=O) groups is 1. The largest absolute Gasteiger partial charge is 0.465 e. The number of rotatable bonds is 5. The molecule has 0 saturated heterocycles. The second-order valence-corrected chi connectivity index (χ2v) is 5.67. The van der Waals surface area contributed by atoms with E-state index in [1.807, 2.05) is 6.08 Å². The average Bonchev–Trinajstić information content (AvgIpc) is 2.35. The Labute approximate surface area is 120 Å². The number of hydrogen-bond donors (Lipinski definition) is 0. The quantitative estimate of drug-likeness (QED) is 0.571. The third-order valence-corrected chi connectivity index (χ3v) is 3.14. The molecule has 1 unspecified atom stereocenters. The molecule has 20 heavy (non-hydrogen) atoms. The molecular formula is C16H22N2O2. The van der Waals surface area contributed by atoms with Crippen LogP contribution in [0.1, 0.15) is 33.6 Å². The number of hydrogen-bond acceptors (Lipinski definition) is 4. The lowest BCUT2D eigenvalue weighted by molar-refractivity contribution is -0.144. The van der Waals surface area contributed by atoms with Crippen LogP contribution in [0.5, 0.6) is 0 Å². The van der Waals surface area contributed by atoms with Crippen LogP contribution in [0.2, 0.25) is 0 Å². The highest BCUT2D eigenvalue weighted by atomic mass is 16.5. The van der Waals surface area contributed by atoms with Gasteiger partial charge in [0.25, 0.3) is 0 Å². The first kappa shape index (κ1) is 16.2. The SMILES string of the molecule is C=CCN=C1C=C(C(C#N)C(=O)OCC)CC(C)(C)C1. The van der Waals surface area contributed by atoms with Gasteiger partial charge < -0.3 is 4.74 Å². The molecule has 0 amide bonds. The molecule has 108 valence electrons. The maximum absolute atomic E-state index is 11.9. The van der Waals surface area contributed by atoms with E-state index in [9.17, 15) is 10.1 Å². The number of nitrogens with zero attached hydrogens (tertiary/aromatic N) is 2. The second kappa shape index (κ2) is 7.04. The Hall–Kier alpha value is -1.89. The first-order chi connectivity index (χ1) is 9.43. The smallest absolute Gasteiger partial charge is 0.327 e. The Morgan fingerprint density at radius 1 is 1.65 bits per heavy atom. The zero-order valence-corrected chi connectivity index (χ0v) is 12.5. The van der Waals surface area contributed by atoms with Crippen LogP contribution in [-0.4, -0.2) is 24.8 Å². The lowest BCUT2D eigenvalue weighted by Crippen LogP contribution is -2.28. The molecule has 4 heteroatoms. The summed E-state index contributed by atoms with van der Waals surface area (Å²) < 4.78 is 4.97. The Kier molecular flexibility index (Phi) is 5.69. The lowest BCUT2D eigenvalue weighted by atomic mass is 9.73. The summed E-state index contributed by atoms with van der Waals surface area (Å²) >= 11 is 0. The summed E-state index contributed by atoms with van der Waals surface area (Å²) in [6, 6.07) is 2.05. The van der Waals surface area contributed by atoms with Gasteiger partial charge in [-0.05, 0) is 36.8 Å². The number of ether oxygens (including phenoxy) is 1. The van der Waals surface area contributed by atoms with E-state index in [2.05, 4.69) is 31.5 Å². The van der Waals surface area contributed by atoms with Crippen molar-refractivity contribution >= 4 is 11.7 Å². The summed E-state index contributed by atoms with van der Waals surface area (Å²) in [4.78, 5) is 16.3. The molecule has 0 bridgehead atoms. The van der Waals surface area contributed by atoms with E-state index in [0.717, 1.165) is 17.7 Å². The van der Waals surface area contributed by atoms with Crippen LogP contribution in [0.4, 0.5) is 0 Å². The van der Waals surface area contributed by atoms with Crippen LogP contribution in [-0.2, 0) is 9.53 Å². The Balaban J connectivity index is 3.06. The molecule has 1 aliphatic rings. The van der Waals surface area contributed by atoms with Crippen molar-refractivity contribution in [3.63, 3.8) is 0 Å². The van der Waals surface area contributed by atoms with Crippen molar-refractivity contribution in [1.29, 1.82) is 5.26 Å². The molecule has 1 atom stereocenters. The number of carbonyl (C=O) groups excluding carboxylic acids is 1. The van der Waals surface area contributed by atoms with Crippen LogP contribution < -0.4 is 0 Å². The summed E-state index contributed by atoms with van der Waals surface area (Å²) in [6.07, 6.45) is 5.15. The highest BCUT2D eigenvalue weighted by Gasteiger charge is 2.33. The molecule has 0 radical (unpaired) electrons. The van der Waals surface area contributed by atoms with E-state index in [1.54, 1.807) is 13.0 Å². The molecule has 0 heterocycles. The molecule has 1 aliphatic carbocycles. The average molecular weight is 274 g/mol. The summed E-state index contributed by atoms with van der Waals surface area (Å²) in [5, 5.41) is 9.26. The molecule has 0 saturated carbocycles. The zero-order chi connectivity index (χ0) is 15.2. The van der Waals surface area contributed by atoms with Gasteiger partial charge in [-0.15, -0.1) is 6.58 Å². The predicted molar refractivity (Wildman–Crippen MR) is 79.3 cm³/mol. The topological polar surface area (TPSA) is 62.5 Å². The minimum absolute atomic E-state index is 0.00825. The van der Waals surface area contributed by atoms with Crippen molar-refractivity contribution in [3.05, 3.63) is 24.3 Å². The highest BCUT2D eigenvalue weighted by Crippen LogP contribution is 2.37. The fraction of sp³-hybridized carbons (Fsp3) is 0.562. The van der Waals surface area contributed by atoms with E-state index < -0.39 is 11.9 Å². The van der Waals surface area contributed by atoms with Crippen molar-refractivity contribution in [2.45, 2.75) is 33.6 Å². The van der Waals surface area contributed by atoms with E-state index in [1.165, 1.54) is 0 Å². The van der Waals surface area contributed by atoms with Crippen molar-refractivity contribution in [2.24, 2.45) is 16.3 Å². The fourth-order valence-corrected chi connectivity index (χ4v) is 2.40. The van der Waals surface area contributed by atoms with Gasteiger partial charge in [0.2, 0.25) is 0 Å². The Bertz CT molecular complexity index is 481. The van der Waals surface area contributed by atoms with Gasteiger partial charge in [-0.25, -0.2) is 0 Å². The van der Waals surface area contributed by atoms with E-state index in [0.29, 0.717) is 13.0 Å². The molecule has 0 fully saturated rings. The monoisotopic (exact) mass is 274 g/mol. The normalized spacial score (nSPS) is 20.7. The molecule has 0 N–H and O–H groups in total. The molecule has 0 aliphatic heterocycles. The summed E-state index contributed by atoms with van der Waals surface area (Å²) in [5.41, 5.74) is 1.71. The third kappa shape index (κ3) is 4.34. The van der Waals surface area contributed by atoms with Crippen LogP contribution in [0.25, 0.3) is 0 Å². The van der Waals surface area contributed by atoms with Crippen LogP contribution in [0, 0.1) is 22.7 Å². The lowest BCUT2D eigenvalue weighted by Gasteiger charge is -2.31. The molecule has 0 aromatic rings. The minimum Gasteiger partial charge on any atom is -0.465 e. The predicted octanol–water partition coefficient (Wildman–Crippen LogP) is 3.06. The van der Waals surface area contributed by atoms with Crippen molar-refractivity contribution in [2.75, 3.05) is 13.2 Å². The van der Waals surface area contributed by atoms with Crippen LogP contribution in [0.15, 0.2) is 29.3 Å². The molecule has 1 rings (SSSR count). The van der Waals surface area contributed by atoms with Crippen molar-refractivity contribution in [1.82, 2.24) is 0 Å². The summed E-state index contributed by atoms with van der Waals surface area (Å²) in [7, 11) is 0. The molecule has 0 aromatic carbocycles. The van der Waals surface area contributed by atoms with Gasteiger partial charge in [0.05, 0.1) is 19.2 Å². The van der Waals surface area contributed by atoms with Crippen LogP contribution >= 0.6 is 0 Å². The maximum atomic E-state index is 11.9. The second-order valence-electron chi connectivity index (χ2n) is 5.67. The minimum atomic E-state index is -0.830. The van der Waals surface area contributed by atoms with E-state index in [4.69, 9.17) is 4.74 Å². The van der Waals surface area contributed by atoms with Crippen LogP contribution in [0.3, 0.4) is 0 Å². The Morgan fingerprint density at radius 3 is 2.90 bits per heavy atom. The first-order valence-corrected chi connectivity index (χ1v) is 6.84. The summed E-state index contributed by atoms with van der Waals surface area (Å²) in [6.45, 7) is 10.4. The van der Waals surface area contributed by atoms with Gasteiger partial charge in [0.15, 0.2) is 5.92 Å². The fourth-order valence-electron chi connectivity index (χ4n) is 2.40. The molecule has 0 spiro atoms. The van der Waals surface area contributed by atoms with E-state index >= 15 is 0 Å². The van der Waals surface area contributed by atoms with Gasteiger partial charge in [0.1, 0.15) is 0 Å². The van der Waals surface area contributed by atoms with Gasteiger partial charge in [-0.3, -0.25) is 9.79 Å². The highest BCUT2D eigenvalue weighted by molar-refractivity contribution is 5.98. The standard InChI is InChI=1S/C16H22N2O2/c1-5-7-18-13-8-12(9-16(3,4)10-13)14(11-17)15(19)20-6-2/h5,8,14H,1,6-7,9-10H2,2-4H3. The van der Waals surface area contributed by atoms with E-state index in [-0.39, 0.29) is 12.0 Å². The zero-order valence-electron chi connectivity index (χ0n) is 12.5. The molecule has 4 nitrogen and oxygen atoms in total. The number of aliphatic imine (C=N–C) groups is 1. The number of allylic oxidation sites excluding steroid dienone is 1. The maximum Gasteiger partial charge on any atom is 0.327 e. The van der Waals surface area contributed by atoms with Gasteiger partial charge in [-0.1, -0.05) is 19.9 Å². The van der Waals surface area contributed by atoms with Gasteiger partial charge in [0, 0.05) is 5.71 Å². The Morgan fingerprint density at radius 2 is 2.35 bits per heavy atom. The van der Waals surface area contributed by atoms with Gasteiger partial charge >= 0.3 is 5.97 Å². The number of esters is 1.